The van der Waals surface area contributed by atoms with E-state index in [2.05, 4.69) is 42.0 Å². The molecule has 15 heavy (non-hydrogen) atoms. The molecular weight excluding hydrogens is 188 g/mol. The summed E-state index contributed by atoms with van der Waals surface area (Å²) in [6.07, 6.45) is 1.43. The van der Waals surface area contributed by atoms with Crippen LogP contribution in [0.1, 0.15) is 24.5 Å². The Morgan fingerprint density at radius 2 is 2.20 bits per heavy atom. The van der Waals surface area contributed by atoms with Gasteiger partial charge in [-0.05, 0) is 18.9 Å². The Labute approximate surface area is 90.9 Å². The van der Waals surface area contributed by atoms with Gasteiger partial charge < -0.3 is 0 Å². The van der Waals surface area contributed by atoms with E-state index in [0.717, 1.165) is 13.0 Å². The summed E-state index contributed by atoms with van der Waals surface area (Å²) in [4.78, 5) is 10.9. The molecule has 1 aromatic carbocycles. The van der Waals surface area contributed by atoms with Crippen molar-refractivity contribution in [3.63, 3.8) is 0 Å². The maximum Gasteiger partial charge on any atom is 0.233 e. The number of rotatable bonds is 5. The van der Waals surface area contributed by atoms with Crippen LogP contribution in [-0.2, 0) is 11.2 Å². The van der Waals surface area contributed by atoms with Gasteiger partial charge in [0.25, 0.3) is 0 Å². The first-order valence-electron chi connectivity index (χ1n) is 5.29. The van der Waals surface area contributed by atoms with Crippen molar-refractivity contribution in [3.05, 3.63) is 35.4 Å². The average molecular weight is 206 g/mol. The number of carbonyl (C=O) groups excluding carboxylic acids is 1. The first kappa shape index (κ1) is 11.7. The van der Waals surface area contributed by atoms with Crippen LogP contribution in [0.2, 0.25) is 0 Å². The number of benzene rings is 1. The largest absolute Gasteiger partial charge is 0.292 e. The van der Waals surface area contributed by atoms with E-state index in [1.54, 1.807) is 0 Å². The van der Waals surface area contributed by atoms with Gasteiger partial charge in [0.1, 0.15) is 0 Å². The summed E-state index contributed by atoms with van der Waals surface area (Å²) < 4.78 is 0. The van der Waals surface area contributed by atoms with Crippen molar-refractivity contribution in [2.24, 2.45) is 0 Å². The number of hydrogen-bond acceptors (Lipinski definition) is 2. The minimum Gasteiger partial charge on any atom is -0.292 e. The van der Waals surface area contributed by atoms with Crippen LogP contribution in [0.15, 0.2) is 24.3 Å². The van der Waals surface area contributed by atoms with Crippen molar-refractivity contribution in [2.75, 3.05) is 6.54 Å². The summed E-state index contributed by atoms with van der Waals surface area (Å²) in [5, 5.41) is 0. The second kappa shape index (κ2) is 6.19. The summed E-state index contributed by atoms with van der Waals surface area (Å²) in [6.45, 7) is 4.67. The standard InChI is InChI=1S/C12H18N2O/c1-3-12(15)14-13-8-7-11-6-4-5-10(2)9-11/h4-6,9,13H,3,7-8H2,1-2H3,(H,14,15). The first-order chi connectivity index (χ1) is 7.22. The van der Waals surface area contributed by atoms with E-state index >= 15 is 0 Å². The van der Waals surface area contributed by atoms with Crippen LogP contribution in [0, 0.1) is 6.92 Å². The lowest BCUT2D eigenvalue weighted by molar-refractivity contribution is -0.121. The Bertz CT molecular complexity index is 323. The molecule has 0 atom stereocenters. The number of carbonyl (C=O) groups is 1. The predicted molar refractivity (Wildman–Crippen MR) is 61.3 cm³/mol. The SMILES string of the molecule is CCC(=O)NNCCc1cccc(C)c1. The van der Waals surface area contributed by atoms with E-state index in [4.69, 9.17) is 0 Å². The summed E-state index contributed by atoms with van der Waals surface area (Å²) in [7, 11) is 0. The Morgan fingerprint density at radius 1 is 1.40 bits per heavy atom. The van der Waals surface area contributed by atoms with E-state index < -0.39 is 0 Å². The van der Waals surface area contributed by atoms with Gasteiger partial charge >= 0.3 is 0 Å². The molecule has 1 aromatic rings. The van der Waals surface area contributed by atoms with Crippen molar-refractivity contribution in [2.45, 2.75) is 26.7 Å². The van der Waals surface area contributed by atoms with Gasteiger partial charge in [0, 0.05) is 13.0 Å². The van der Waals surface area contributed by atoms with Crippen LogP contribution in [0.3, 0.4) is 0 Å². The zero-order valence-electron chi connectivity index (χ0n) is 9.34. The third kappa shape index (κ3) is 4.61. The topological polar surface area (TPSA) is 41.1 Å². The number of hydrogen-bond donors (Lipinski definition) is 2. The molecule has 0 fully saturated rings. The van der Waals surface area contributed by atoms with Crippen LogP contribution < -0.4 is 10.9 Å². The molecule has 0 bridgehead atoms. The zero-order valence-corrected chi connectivity index (χ0v) is 9.34. The zero-order chi connectivity index (χ0) is 11.1. The van der Waals surface area contributed by atoms with Gasteiger partial charge in [-0.15, -0.1) is 0 Å². The first-order valence-corrected chi connectivity index (χ1v) is 5.29. The molecule has 0 saturated heterocycles. The van der Waals surface area contributed by atoms with Gasteiger partial charge in [0.05, 0.1) is 0 Å². The van der Waals surface area contributed by atoms with Crippen molar-refractivity contribution < 1.29 is 4.79 Å². The fourth-order valence-electron chi connectivity index (χ4n) is 1.32. The summed E-state index contributed by atoms with van der Waals surface area (Å²) in [5.74, 6) is 0.0271. The second-order valence-electron chi connectivity index (χ2n) is 3.57. The highest BCUT2D eigenvalue weighted by Gasteiger charge is 1.95. The van der Waals surface area contributed by atoms with Crippen LogP contribution in [-0.4, -0.2) is 12.5 Å². The maximum absolute atomic E-state index is 10.9. The fraction of sp³-hybridized carbons (Fsp3) is 0.417. The molecule has 0 aliphatic carbocycles. The lowest BCUT2D eigenvalue weighted by atomic mass is 10.1. The van der Waals surface area contributed by atoms with E-state index in [9.17, 15) is 4.79 Å². The van der Waals surface area contributed by atoms with E-state index in [-0.39, 0.29) is 5.91 Å². The third-order valence-electron chi connectivity index (χ3n) is 2.17. The maximum atomic E-state index is 10.9. The van der Waals surface area contributed by atoms with Crippen molar-refractivity contribution in [1.29, 1.82) is 0 Å². The Balaban J connectivity index is 2.23. The minimum absolute atomic E-state index is 0.0271. The smallest absolute Gasteiger partial charge is 0.233 e. The number of aryl methyl sites for hydroxylation is 1. The lowest BCUT2D eigenvalue weighted by Gasteiger charge is -2.06. The summed E-state index contributed by atoms with van der Waals surface area (Å²) in [6, 6.07) is 8.38. The molecule has 0 unspecified atom stereocenters. The predicted octanol–water partition coefficient (Wildman–Crippen LogP) is 1.57. The average Bonchev–Trinajstić information content (AvgIpc) is 2.24. The summed E-state index contributed by atoms with van der Waals surface area (Å²) in [5.41, 5.74) is 8.09. The van der Waals surface area contributed by atoms with Crippen molar-refractivity contribution in [3.8, 4) is 0 Å². The van der Waals surface area contributed by atoms with Crippen molar-refractivity contribution in [1.82, 2.24) is 10.9 Å². The molecule has 0 aliphatic heterocycles. The Morgan fingerprint density at radius 3 is 2.87 bits per heavy atom. The molecule has 0 heterocycles. The molecule has 0 spiro atoms. The highest BCUT2D eigenvalue weighted by Crippen LogP contribution is 2.03. The molecule has 0 saturated carbocycles. The second-order valence-corrected chi connectivity index (χ2v) is 3.57. The van der Waals surface area contributed by atoms with Crippen molar-refractivity contribution >= 4 is 5.91 Å². The third-order valence-corrected chi connectivity index (χ3v) is 2.17. The molecule has 3 nitrogen and oxygen atoms in total. The molecule has 0 aromatic heterocycles. The highest BCUT2D eigenvalue weighted by molar-refractivity contribution is 5.74. The van der Waals surface area contributed by atoms with Gasteiger partial charge in [0.2, 0.25) is 5.91 Å². The number of hydrazine groups is 1. The van der Waals surface area contributed by atoms with Crippen LogP contribution >= 0.6 is 0 Å². The molecule has 0 radical (unpaired) electrons. The molecule has 1 amide bonds. The molecule has 0 aliphatic rings. The highest BCUT2D eigenvalue weighted by atomic mass is 16.2. The van der Waals surface area contributed by atoms with Crippen LogP contribution in [0.4, 0.5) is 0 Å². The molecule has 82 valence electrons. The normalized spacial score (nSPS) is 10.0. The van der Waals surface area contributed by atoms with Gasteiger partial charge in [-0.3, -0.25) is 10.2 Å². The minimum atomic E-state index is 0.0271. The van der Waals surface area contributed by atoms with E-state index in [0.29, 0.717) is 6.42 Å². The molecule has 2 N–H and O–H groups in total. The van der Waals surface area contributed by atoms with E-state index in [1.807, 2.05) is 6.92 Å². The molecule has 1 rings (SSSR count). The Kier molecular flexibility index (Phi) is 4.84. The van der Waals surface area contributed by atoms with Gasteiger partial charge in [-0.25, -0.2) is 5.43 Å². The van der Waals surface area contributed by atoms with E-state index in [1.165, 1.54) is 11.1 Å². The van der Waals surface area contributed by atoms with Gasteiger partial charge in [-0.1, -0.05) is 36.8 Å². The fourth-order valence-corrected chi connectivity index (χ4v) is 1.32. The number of nitrogens with one attached hydrogen (secondary N) is 2. The lowest BCUT2D eigenvalue weighted by Crippen LogP contribution is -2.38. The van der Waals surface area contributed by atoms with Crippen LogP contribution in [0.5, 0.6) is 0 Å². The number of amides is 1. The van der Waals surface area contributed by atoms with Gasteiger partial charge in [0.15, 0.2) is 0 Å². The Hall–Kier alpha value is -1.35. The quantitative estimate of drug-likeness (QED) is 0.567. The van der Waals surface area contributed by atoms with Gasteiger partial charge in [-0.2, -0.15) is 0 Å². The molecular formula is C12H18N2O. The van der Waals surface area contributed by atoms with Crippen LogP contribution in [0.25, 0.3) is 0 Å². The summed E-state index contributed by atoms with van der Waals surface area (Å²) >= 11 is 0. The monoisotopic (exact) mass is 206 g/mol. The molecule has 3 heteroatoms.